The second kappa shape index (κ2) is 5.54. The number of methoxy groups -OCH3 is 1. The van der Waals surface area contributed by atoms with E-state index in [1.54, 1.807) is 12.1 Å². The minimum Gasteiger partial charge on any atom is -0.480 e. The van der Waals surface area contributed by atoms with Crippen LogP contribution < -0.4 is 4.74 Å². The average Bonchev–Trinajstić information content (AvgIpc) is 2.98. The fraction of sp³-hybridized carbons (Fsp3) is 0.538. The Morgan fingerprint density at radius 2 is 2.00 bits per heavy atom. The highest BCUT2D eigenvalue weighted by Crippen LogP contribution is 2.32. The Bertz CT molecular complexity index is 561. The molecule has 1 N–H and O–H groups in total. The quantitative estimate of drug-likeness (QED) is 0.908. The van der Waals surface area contributed by atoms with Gasteiger partial charge in [0.2, 0.25) is 17.6 Å². The number of aliphatic hydroxyl groups is 1. The van der Waals surface area contributed by atoms with Gasteiger partial charge >= 0.3 is 0 Å². The van der Waals surface area contributed by atoms with E-state index in [4.69, 9.17) is 9.26 Å². The summed E-state index contributed by atoms with van der Waals surface area (Å²) in [5, 5.41) is 21.3. The topological polar surface area (TPSA) is 94.2 Å². The molecule has 1 aliphatic rings. The van der Waals surface area contributed by atoms with Crippen LogP contribution in [0.25, 0.3) is 11.5 Å². The molecule has 106 valence electrons. The molecule has 0 bridgehead atoms. The van der Waals surface area contributed by atoms with Gasteiger partial charge < -0.3 is 14.4 Å². The van der Waals surface area contributed by atoms with E-state index in [1.165, 1.54) is 7.11 Å². The van der Waals surface area contributed by atoms with Gasteiger partial charge in [0.25, 0.3) is 0 Å². The van der Waals surface area contributed by atoms with Crippen LogP contribution in [0.2, 0.25) is 0 Å². The van der Waals surface area contributed by atoms with Gasteiger partial charge in [-0.15, -0.1) is 10.2 Å². The second-order valence-corrected chi connectivity index (χ2v) is 4.92. The zero-order chi connectivity index (χ0) is 13.9. The minimum absolute atomic E-state index is 0.193. The first-order chi connectivity index (χ1) is 9.76. The van der Waals surface area contributed by atoms with Crippen molar-refractivity contribution in [2.24, 2.45) is 0 Å². The monoisotopic (exact) mass is 276 g/mol. The molecule has 1 aliphatic carbocycles. The molecular weight excluding hydrogens is 260 g/mol. The molecule has 2 heterocycles. The molecule has 1 saturated carbocycles. The molecule has 7 nitrogen and oxygen atoms in total. The van der Waals surface area contributed by atoms with Crippen molar-refractivity contribution in [3.63, 3.8) is 0 Å². The summed E-state index contributed by atoms with van der Waals surface area (Å²) in [5.74, 6) is 1.72. The van der Waals surface area contributed by atoms with Gasteiger partial charge in [-0.25, -0.2) is 0 Å². The highest BCUT2D eigenvalue weighted by atomic mass is 16.5. The molecule has 2 aromatic heterocycles. The summed E-state index contributed by atoms with van der Waals surface area (Å²) in [6, 6.07) is 3.44. The van der Waals surface area contributed by atoms with Crippen molar-refractivity contribution in [1.29, 1.82) is 0 Å². The maximum atomic E-state index is 9.51. The molecule has 7 heteroatoms. The van der Waals surface area contributed by atoms with Crippen LogP contribution in [-0.4, -0.2) is 38.7 Å². The van der Waals surface area contributed by atoms with E-state index in [9.17, 15) is 5.11 Å². The van der Waals surface area contributed by atoms with Crippen LogP contribution in [0.15, 0.2) is 16.7 Å². The van der Waals surface area contributed by atoms with Gasteiger partial charge in [-0.3, -0.25) is 0 Å². The van der Waals surface area contributed by atoms with Crippen molar-refractivity contribution in [2.45, 2.75) is 37.7 Å². The fourth-order valence-corrected chi connectivity index (χ4v) is 2.38. The van der Waals surface area contributed by atoms with E-state index in [0.29, 0.717) is 23.3 Å². The lowest BCUT2D eigenvalue weighted by molar-refractivity contribution is 0.116. The zero-order valence-electron chi connectivity index (χ0n) is 11.2. The van der Waals surface area contributed by atoms with Gasteiger partial charge in [-0.2, -0.15) is 4.98 Å². The van der Waals surface area contributed by atoms with E-state index < -0.39 is 0 Å². The summed E-state index contributed by atoms with van der Waals surface area (Å²) >= 11 is 0. The zero-order valence-corrected chi connectivity index (χ0v) is 11.2. The SMILES string of the molecule is COc1ccc(-c2noc(C3CCC(O)CC3)n2)nn1. The van der Waals surface area contributed by atoms with Gasteiger partial charge in [0, 0.05) is 12.0 Å². The molecule has 0 aromatic carbocycles. The molecule has 0 unspecified atom stereocenters. The van der Waals surface area contributed by atoms with Crippen molar-refractivity contribution < 1.29 is 14.4 Å². The third-order valence-electron chi connectivity index (χ3n) is 3.57. The normalized spacial score (nSPS) is 22.7. The summed E-state index contributed by atoms with van der Waals surface area (Å²) in [7, 11) is 1.54. The molecule has 20 heavy (non-hydrogen) atoms. The van der Waals surface area contributed by atoms with Crippen LogP contribution in [0.3, 0.4) is 0 Å². The van der Waals surface area contributed by atoms with Crippen LogP contribution in [0.5, 0.6) is 5.88 Å². The minimum atomic E-state index is -0.193. The Hall–Kier alpha value is -2.02. The van der Waals surface area contributed by atoms with Crippen molar-refractivity contribution in [3.8, 4) is 17.4 Å². The Labute approximate surface area is 116 Å². The van der Waals surface area contributed by atoms with Crippen molar-refractivity contribution >= 4 is 0 Å². The number of hydrogen-bond acceptors (Lipinski definition) is 7. The third kappa shape index (κ3) is 2.62. The lowest BCUT2D eigenvalue weighted by atomic mass is 9.87. The standard InChI is InChI=1S/C13H16N4O3/c1-19-11-7-6-10(15-16-11)12-14-13(20-17-12)8-2-4-9(18)5-3-8/h6-9,18H,2-5H2,1H3. The first-order valence-corrected chi connectivity index (χ1v) is 6.66. The van der Waals surface area contributed by atoms with Crippen LogP contribution in [0.4, 0.5) is 0 Å². The maximum Gasteiger partial charge on any atom is 0.233 e. The Balaban J connectivity index is 1.75. The number of ether oxygens (including phenoxy) is 1. The van der Waals surface area contributed by atoms with Gasteiger partial charge in [-0.1, -0.05) is 5.16 Å². The maximum absolute atomic E-state index is 9.51. The van der Waals surface area contributed by atoms with Crippen LogP contribution in [-0.2, 0) is 0 Å². The van der Waals surface area contributed by atoms with Gasteiger partial charge in [-0.05, 0) is 31.7 Å². The number of rotatable bonds is 3. The number of hydrogen-bond donors (Lipinski definition) is 1. The predicted molar refractivity (Wildman–Crippen MR) is 69.1 cm³/mol. The average molecular weight is 276 g/mol. The smallest absolute Gasteiger partial charge is 0.233 e. The summed E-state index contributed by atoms with van der Waals surface area (Å²) < 4.78 is 10.3. The molecule has 2 aromatic rings. The Kier molecular flexibility index (Phi) is 3.60. The van der Waals surface area contributed by atoms with E-state index >= 15 is 0 Å². The fourth-order valence-electron chi connectivity index (χ4n) is 2.38. The largest absolute Gasteiger partial charge is 0.480 e. The van der Waals surface area contributed by atoms with Gasteiger partial charge in [0.1, 0.15) is 5.69 Å². The van der Waals surface area contributed by atoms with Gasteiger partial charge in [0.05, 0.1) is 13.2 Å². The van der Waals surface area contributed by atoms with E-state index in [0.717, 1.165) is 25.7 Å². The summed E-state index contributed by atoms with van der Waals surface area (Å²) in [6.07, 6.45) is 3.12. The molecule has 3 rings (SSSR count). The van der Waals surface area contributed by atoms with E-state index in [2.05, 4.69) is 20.3 Å². The first kappa shape index (κ1) is 13.0. The van der Waals surface area contributed by atoms with Crippen LogP contribution in [0.1, 0.15) is 37.5 Å². The number of aliphatic hydroxyl groups excluding tert-OH is 1. The second-order valence-electron chi connectivity index (χ2n) is 4.92. The third-order valence-corrected chi connectivity index (χ3v) is 3.57. The lowest BCUT2D eigenvalue weighted by Crippen LogP contribution is -2.17. The summed E-state index contributed by atoms with van der Waals surface area (Å²) in [5.41, 5.74) is 0.552. The highest BCUT2D eigenvalue weighted by Gasteiger charge is 2.25. The Morgan fingerprint density at radius 1 is 1.20 bits per heavy atom. The predicted octanol–water partition coefficient (Wildman–Crippen LogP) is 1.55. The van der Waals surface area contributed by atoms with E-state index in [1.807, 2.05) is 0 Å². The van der Waals surface area contributed by atoms with Crippen LogP contribution >= 0.6 is 0 Å². The number of aromatic nitrogens is 4. The van der Waals surface area contributed by atoms with Crippen molar-refractivity contribution in [2.75, 3.05) is 7.11 Å². The lowest BCUT2D eigenvalue weighted by Gasteiger charge is -2.22. The molecule has 1 fully saturated rings. The molecule has 0 radical (unpaired) electrons. The van der Waals surface area contributed by atoms with Crippen LogP contribution in [0, 0.1) is 0 Å². The molecule has 0 atom stereocenters. The number of nitrogens with zero attached hydrogens (tertiary/aromatic N) is 4. The Morgan fingerprint density at radius 3 is 2.65 bits per heavy atom. The molecule has 0 saturated heterocycles. The molecule has 0 aliphatic heterocycles. The summed E-state index contributed by atoms with van der Waals surface area (Å²) in [4.78, 5) is 4.38. The highest BCUT2D eigenvalue weighted by molar-refractivity contribution is 5.47. The molecular formula is C13H16N4O3. The van der Waals surface area contributed by atoms with E-state index in [-0.39, 0.29) is 12.0 Å². The van der Waals surface area contributed by atoms with Crippen molar-refractivity contribution in [3.05, 3.63) is 18.0 Å². The van der Waals surface area contributed by atoms with Gasteiger partial charge in [0.15, 0.2) is 0 Å². The first-order valence-electron chi connectivity index (χ1n) is 6.66. The van der Waals surface area contributed by atoms with Crippen molar-refractivity contribution in [1.82, 2.24) is 20.3 Å². The molecule has 0 amide bonds. The summed E-state index contributed by atoms with van der Waals surface area (Å²) in [6.45, 7) is 0. The molecule has 0 spiro atoms.